The van der Waals surface area contributed by atoms with Crippen LogP contribution < -0.4 is 11.1 Å². The predicted molar refractivity (Wildman–Crippen MR) is 73.9 cm³/mol. The number of rotatable bonds is 3. The molecule has 0 spiro atoms. The van der Waals surface area contributed by atoms with Crippen LogP contribution in [-0.4, -0.2) is 43.2 Å². The molecule has 0 aliphatic carbocycles. The third-order valence-electron chi connectivity index (χ3n) is 3.06. The molecule has 1 aromatic carbocycles. The van der Waals surface area contributed by atoms with E-state index in [4.69, 9.17) is 5.73 Å². The molecule has 0 saturated carbocycles. The number of hydrogen-bond donors (Lipinski definition) is 2. The fourth-order valence-corrected chi connectivity index (χ4v) is 3.43. The standard InChI is InChI=1S/C11H14N4O5S/c12-9-3-2-8(6-10(9)15(17)18)21(19,20)14-5-1-4-13-11(16)7-14/h2-3,6H,1,4-5,7,12H2,(H,13,16). The van der Waals surface area contributed by atoms with Crippen molar-refractivity contribution in [3.05, 3.63) is 28.3 Å². The Bertz CT molecular complexity index is 688. The number of carbonyl (C=O) groups excluding carboxylic acids is 1. The zero-order valence-corrected chi connectivity index (χ0v) is 11.8. The quantitative estimate of drug-likeness (QED) is 0.446. The number of anilines is 1. The van der Waals surface area contributed by atoms with E-state index in [2.05, 4.69) is 5.32 Å². The first-order valence-corrected chi connectivity index (χ1v) is 7.57. The minimum atomic E-state index is -3.98. The number of nitrogen functional groups attached to an aromatic ring is 1. The summed E-state index contributed by atoms with van der Waals surface area (Å²) < 4.78 is 25.9. The van der Waals surface area contributed by atoms with E-state index in [0.29, 0.717) is 13.0 Å². The van der Waals surface area contributed by atoms with Crippen molar-refractivity contribution >= 4 is 27.3 Å². The van der Waals surface area contributed by atoms with Crippen LogP contribution in [0.2, 0.25) is 0 Å². The van der Waals surface area contributed by atoms with Gasteiger partial charge in [-0.1, -0.05) is 0 Å². The summed E-state index contributed by atoms with van der Waals surface area (Å²) in [6.45, 7) is 0.256. The molecule has 0 radical (unpaired) electrons. The van der Waals surface area contributed by atoms with Crippen molar-refractivity contribution in [3.8, 4) is 0 Å². The monoisotopic (exact) mass is 314 g/mol. The number of carbonyl (C=O) groups is 1. The van der Waals surface area contributed by atoms with Gasteiger partial charge < -0.3 is 11.1 Å². The topological polar surface area (TPSA) is 136 Å². The van der Waals surface area contributed by atoms with Crippen LogP contribution in [-0.2, 0) is 14.8 Å². The number of hydrogen-bond acceptors (Lipinski definition) is 6. The Morgan fingerprint density at radius 1 is 1.38 bits per heavy atom. The van der Waals surface area contributed by atoms with Crippen molar-refractivity contribution in [1.82, 2.24) is 9.62 Å². The molecule has 21 heavy (non-hydrogen) atoms. The van der Waals surface area contributed by atoms with Gasteiger partial charge in [0.2, 0.25) is 15.9 Å². The molecule has 1 fully saturated rings. The Morgan fingerprint density at radius 2 is 2.10 bits per heavy atom. The molecular weight excluding hydrogens is 300 g/mol. The summed E-state index contributed by atoms with van der Waals surface area (Å²) in [5.41, 5.74) is 4.85. The van der Waals surface area contributed by atoms with E-state index in [1.807, 2.05) is 0 Å². The number of nitrogens with zero attached hydrogens (tertiary/aromatic N) is 2. The summed E-state index contributed by atoms with van der Waals surface area (Å²) in [6, 6.07) is 3.27. The highest BCUT2D eigenvalue weighted by molar-refractivity contribution is 7.89. The first kappa shape index (κ1) is 15.2. The maximum atomic E-state index is 12.5. The van der Waals surface area contributed by atoms with Gasteiger partial charge in [0, 0.05) is 19.2 Å². The van der Waals surface area contributed by atoms with E-state index in [1.165, 1.54) is 12.1 Å². The molecule has 1 amide bonds. The molecule has 10 heteroatoms. The van der Waals surface area contributed by atoms with Crippen molar-refractivity contribution in [2.75, 3.05) is 25.4 Å². The van der Waals surface area contributed by atoms with Gasteiger partial charge in [-0.25, -0.2) is 8.42 Å². The minimum absolute atomic E-state index is 0.118. The summed E-state index contributed by atoms with van der Waals surface area (Å²) in [4.78, 5) is 21.3. The van der Waals surface area contributed by atoms with Gasteiger partial charge >= 0.3 is 0 Å². The Morgan fingerprint density at radius 3 is 2.76 bits per heavy atom. The van der Waals surface area contributed by atoms with Gasteiger partial charge in [-0.15, -0.1) is 0 Å². The zero-order valence-electron chi connectivity index (χ0n) is 11.0. The lowest BCUT2D eigenvalue weighted by atomic mass is 10.3. The van der Waals surface area contributed by atoms with Crippen LogP contribution in [0, 0.1) is 10.1 Å². The van der Waals surface area contributed by atoms with Gasteiger partial charge in [0.1, 0.15) is 5.69 Å². The second-order valence-electron chi connectivity index (χ2n) is 4.52. The summed E-state index contributed by atoms with van der Waals surface area (Å²) in [7, 11) is -3.98. The largest absolute Gasteiger partial charge is 0.393 e. The van der Waals surface area contributed by atoms with Crippen molar-refractivity contribution in [3.63, 3.8) is 0 Å². The van der Waals surface area contributed by atoms with Crippen LogP contribution in [0.15, 0.2) is 23.1 Å². The molecule has 2 rings (SSSR count). The highest BCUT2D eigenvalue weighted by Crippen LogP contribution is 2.26. The Balaban J connectivity index is 2.41. The molecule has 1 aromatic rings. The normalized spacial score (nSPS) is 17.0. The fourth-order valence-electron chi connectivity index (χ4n) is 1.97. The number of benzene rings is 1. The molecule has 0 unspecified atom stereocenters. The molecular formula is C11H14N4O5S. The molecule has 9 nitrogen and oxygen atoms in total. The number of sulfonamides is 1. The van der Waals surface area contributed by atoms with Crippen LogP contribution in [0.25, 0.3) is 0 Å². The van der Waals surface area contributed by atoms with Crippen LogP contribution in [0.1, 0.15) is 6.42 Å². The lowest BCUT2D eigenvalue weighted by Crippen LogP contribution is -2.37. The van der Waals surface area contributed by atoms with Crippen LogP contribution in [0.3, 0.4) is 0 Å². The van der Waals surface area contributed by atoms with Crippen molar-refractivity contribution in [2.45, 2.75) is 11.3 Å². The maximum absolute atomic E-state index is 12.5. The Hall–Kier alpha value is -2.20. The molecule has 3 N–H and O–H groups in total. The zero-order chi connectivity index (χ0) is 15.6. The van der Waals surface area contributed by atoms with Gasteiger partial charge in [0.25, 0.3) is 5.69 Å². The van der Waals surface area contributed by atoms with Crippen LogP contribution in [0.4, 0.5) is 11.4 Å². The van der Waals surface area contributed by atoms with Crippen molar-refractivity contribution < 1.29 is 18.1 Å². The maximum Gasteiger partial charge on any atom is 0.293 e. The number of nitro benzene ring substituents is 1. The molecule has 114 valence electrons. The molecule has 1 aliphatic rings. The van der Waals surface area contributed by atoms with E-state index in [-0.39, 0.29) is 23.7 Å². The number of nitrogens with one attached hydrogen (secondary N) is 1. The number of nitrogens with two attached hydrogens (primary N) is 1. The second kappa shape index (κ2) is 5.66. The summed E-state index contributed by atoms with van der Waals surface area (Å²) in [5, 5.41) is 13.4. The van der Waals surface area contributed by atoms with Gasteiger partial charge in [-0.2, -0.15) is 4.31 Å². The van der Waals surface area contributed by atoms with Gasteiger partial charge in [0.15, 0.2) is 0 Å². The van der Waals surface area contributed by atoms with Gasteiger partial charge in [-0.3, -0.25) is 14.9 Å². The number of nitro groups is 1. The molecule has 0 aromatic heterocycles. The molecule has 1 heterocycles. The molecule has 1 aliphatic heterocycles. The predicted octanol–water partition coefficient (Wildman–Crippen LogP) is -0.312. The average molecular weight is 314 g/mol. The highest BCUT2D eigenvalue weighted by Gasteiger charge is 2.29. The van der Waals surface area contributed by atoms with Gasteiger partial charge in [-0.05, 0) is 18.6 Å². The van der Waals surface area contributed by atoms with Crippen LogP contribution >= 0.6 is 0 Å². The molecule has 0 bridgehead atoms. The Labute approximate surface area is 120 Å². The lowest BCUT2D eigenvalue weighted by molar-refractivity contribution is -0.384. The number of amides is 1. The molecule has 1 saturated heterocycles. The minimum Gasteiger partial charge on any atom is -0.393 e. The second-order valence-corrected chi connectivity index (χ2v) is 6.46. The van der Waals surface area contributed by atoms with E-state index < -0.39 is 26.5 Å². The Kier molecular flexibility index (Phi) is 4.09. The van der Waals surface area contributed by atoms with E-state index in [1.54, 1.807) is 0 Å². The van der Waals surface area contributed by atoms with E-state index in [0.717, 1.165) is 10.4 Å². The third-order valence-corrected chi connectivity index (χ3v) is 4.90. The summed E-state index contributed by atoms with van der Waals surface area (Å²) >= 11 is 0. The summed E-state index contributed by atoms with van der Waals surface area (Å²) in [6.07, 6.45) is 0.474. The summed E-state index contributed by atoms with van der Waals surface area (Å²) in [5.74, 6) is -0.402. The third kappa shape index (κ3) is 3.11. The molecule has 0 atom stereocenters. The van der Waals surface area contributed by atoms with Crippen molar-refractivity contribution in [1.29, 1.82) is 0 Å². The first-order chi connectivity index (χ1) is 9.82. The van der Waals surface area contributed by atoms with E-state index in [9.17, 15) is 23.3 Å². The fraction of sp³-hybridized carbons (Fsp3) is 0.364. The lowest BCUT2D eigenvalue weighted by Gasteiger charge is -2.18. The smallest absolute Gasteiger partial charge is 0.293 e. The first-order valence-electron chi connectivity index (χ1n) is 6.13. The van der Waals surface area contributed by atoms with E-state index >= 15 is 0 Å². The van der Waals surface area contributed by atoms with Gasteiger partial charge in [0.05, 0.1) is 16.4 Å². The van der Waals surface area contributed by atoms with Crippen LogP contribution in [0.5, 0.6) is 0 Å². The average Bonchev–Trinajstić information content (AvgIpc) is 2.63. The highest BCUT2D eigenvalue weighted by atomic mass is 32.2. The SMILES string of the molecule is Nc1ccc(S(=O)(=O)N2CCCNC(=O)C2)cc1[N+](=O)[O-]. The van der Waals surface area contributed by atoms with Crippen molar-refractivity contribution in [2.24, 2.45) is 0 Å².